The molecule has 1 aromatic carbocycles. The molecule has 1 fully saturated rings. The van der Waals surface area contributed by atoms with Gasteiger partial charge < -0.3 is 16.0 Å². The number of rotatable bonds is 4. The standard InChI is InChI=1S/C13H16ClN3O2/c14-9-3-5-10(6-4-9)17-12(18)8-16-13(19)11-2-1-7-15-11/h3-6,11,15H,1-2,7-8H2,(H,16,19)(H,17,18). The number of nitrogens with one attached hydrogen (secondary N) is 3. The molecule has 0 aromatic heterocycles. The molecule has 0 saturated carbocycles. The number of hydrogen-bond acceptors (Lipinski definition) is 3. The summed E-state index contributed by atoms with van der Waals surface area (Å²) in [5.74, 6) is -0.377. The summed E-state index contributed by atoms with van der Waals surface area (Å²) < 4.78 is 0. The molecular formula is C13H16ClN3O2. The van der Waals surface area contributed by atoms with Crippen molar-refractivity contribution >= 4 is 29.1 Å². The first kappa shape index (κ1) is 13.8. The van der Waals surface area contributed by atoms with Crippen LogP contribution in [0, 0.1) is 0 Å². The van der Waals surface area contributed by atoms with Gasteiger partial charge >= 0.3 is 0 Å². The van der Waals surface area contributed by atoms with E-state index in [0.717, 1.165) is 19.4 Å². The van der Waals surface area contributed by atoms with Gasteiger partial charge in [-0.15, -0.1) is 0 Å². The second-order valence-corrected chi connectivity index (χ2v) is 4.86. The summed E-state index contributed by atoms with van der Waals surface area (Å²) in [6.07, 6.45) is 1.82. The van der Waals surface area contributed by atoms with Crippen molar-refractivity contribution in [1.29, 1.82) is 0 Å². The maximum atomic E-state index is 11.7. The van der Waals surface area contributed by atoms with Gasteiger partial charge in [0, 0.05) is 10.7 Å². The average molecular weight is 282 g/mol. The fraction of sp³-hybridized carbons (Fsp3) is 0.385. The van der Waals surface area contributed by atoms with Crippen LogP contribution in [0.4, 0.5) is 5.69 Å². The molecule has 1 aromatic rings. The lowest BCUT2D eigenvalue weighted by atomic mass is 10.2. The highest BCUT2D eigenvalue weighted by Crippen LogP contribution is 2.13. The van der Waals surface area contributed by atoms with Crippen LogP contribution in [-0.4, -0.2) is 30.9 Å². The molecule has 0 spiro atoms. The first-order valence-electron chi connectivity index (χ1n) is 6.21. The van der Waals surface area contributed by atoms with E-state index in [1.165, 1.54) is 0 Å². The number of anilines is 1. The first-order chi connectivity index (χ1) is 9.15. The van der Waals surface area contributed by atoms with Crippen LogP contribution in [-0.2, 0) is 9.59 Å². The highest BCUT2D eigenvalue weighted by atomic mass is 35.5. The SMILES string of the molecule is O=C(CNC(=O)C1CCCN1)Nc1ccc(Cl)cc1. The fourth-order valence-corrected chi connectivity index (χ4v) is 2.06. The van der Waals surface area contributed by atoms with Gasteiger partial charge in [0.1, 0.15) is 0 Å². The molecule has 1 aliphatic rings. The Morgan fingerprint density at radius 2 is 2.05 bits per heavy atom. The van der Waals surface area contributed by atoms with Crippen LogP contribution in [0.1, 0.15) is 12.8 Å². The lowest BCUT2D eigenvalue weighted by molar-refractivity contribution is -0.125. The quantitative estimate of drug-likeness (QED) is 0.775. The third-order valence-corrected chi connectivity index (χ3v) is 3.18. The van der Waals surface area contributed by atoms with Crippen LogP contribution in [0.5, 0.6) is 0 Å². The predicted molar refractivity (Wildman–Crippen MR) is 74.1 cm³/mol. The zero-order valence-electron chi connectivity index (χ0n) is 10.4. The van der Waals surface area contributed by atoms with Gasteiger partial charge in [0.15, 0.2) is 0 Å². The van der Waals surface area contributed by atoms with E-state index >= 15 is 0 Å². The summed E-state index contributed by atoms with van der Waals surface area (Å²) in [4.78, 5) is 23.3. The lowest BCUT2D eigenvalue weighted by Crippen LogP contribution is -2.43. The van der Waals surface area contributed by atoms with Crippen molar-refractivity contribution in [2.45, 2.75) is 18.9 Å². The highest BCUT2D eigenvalue weighted by molar-refractivity contribution is 6.30. The van der Waals surface area contributed by atoms with Crippen molar-refractivity contribution in [3.63, 3.8) is 0 Å². The van der Waals surface area contributed by atoms with E-state index in [2.05, 4.69) is 16.0 Å². The van der Waals surface area contributed by atoms with E-state index in [9.17, 15) is 9.59 Å². The van der Waals surface area contributed by atoms with Gasteiger partial charge in [-0.3, -0.25) is 9.59 Å². The summed E-state index contributed by atoms with van der Waals surface area (Å²) in [7, 11) is 0. The number of amides is 2. The first-order valence-corrected chi connectivity index (χ1v) is 6.59. The Bertz CT molecular complexity index is 455. The molecule has 19 heavy (non-hydrogen) atoms. The summed E-state index contributed by atoms with van der Waals surface area (Å²) in [5, 5.41) is 8.99. The van der Waals surface area contributed by atoms with Crippen LogP contribution in [0.2, 0.25) is 5.02 Å². The number of carbonyl (C=O) groups excluding carboxylic acids is 2. The molecule has 0 bridgehead atoms. The molecule has 102 valence electrons. The molecule has 2 rings (SSSR count). The van der Waals surface area contributed by atoms with E-state index in [1.54, 1.807) is 24.3 Å². The van der Waals surface area contributed by atoms with E-state index in [-0.39, 0.29) is 24.4 Å². The van der Waals surface area contributed by atoms with Crippen molar-refractivity contribution in [1.82, 2.24) is 10.6 Å². The van der Waals surface area contributed by atoms with Crippen LogP contribution in [0.3, 0.4) is 0 Å². The maximum Gasteiger partial charge on any atom is 0.243 e. The Morgan fingerprint density at radius 1 is 1.32 bits per heavy atom. The van der Waals surface area contributed by atoms with Gasteiger partial charge in [-0.1, -0.05) is 11.6 Å². The molecule has 0 radical (unpaired) electrons. The third-order valence-electron chi connectivity index (χ3n) is 2.93. The van der Waals surface area contributed by atoms with Gasteiger partial charge in [-0.2, -0.15) is 0 Å². The third kappa shape index (κ3) is 4.22. The van der Waals surface area contributed by atoms with Gasteiger partial charge in [-0.05, 0) is 43.7 Å². The largest absolute Gasteiger partial charge is 0.346 e. The van der Waals surface area contributed by atoms with Crippen molar-refractivity contribution in [2.75, 3.05) is 18.4 Å². The van der Waals surface area contributed by atoms with E-state index in [1.807, 2.05) is 0 Å². The minimum atomic E-state index is -0.256. The molecule has 1 aliphatic heterocycles. The zero-order chi connectivity index (χ0) is 13.7. The van der Waals surface area contributed by atoms with Crippen LogP contribution in [0.15, 0.2) is 24.3 Å². The molecule has 3 N–H and O–H groups in total. The van der Waals surface area contributed by atoms with Gasteiger partial charge in [0.05, 0.1) is 12.6 Å². The Hall–Kier alpha value is -1.59. The van der Waals surface area contributed by atoms with Crippen molar-refractivity contribution < 1.29 is 9.59 Å². The number of hydrogen-bond donors (Lipinski definition) is 3. The maximum absolute atomic E-state index is 11.7. The summed E-state index contributed by atoms with van der Waals surface area (Å²) >= 11 is 5.75. The molecule has 0 aliphatic carbocycles. The number of benzene rings is 1. The smallest absolute Gasteiger partial charge is 0.243 e. The van der Waals surface area contributed by atoms with Gasteiger partial charge in [-0.25, -0.2) is 0 Å². The topological polar surface area (TPSA) is 70.2 Å². The molecule has 1 saturated heterocycles. The highest BCUT2D eigenvalue weighted by Gasteiger charge is 2.21. The Labute approximate surface area is 116 Å². The predicted octanol–water partition coefficient (Wildman–Crippen LogP) is 1.15. The normalized spacial score (nSPS) is 18.1. The van der Waals surface area contributed by atoms with Crippen LogP contribution < -0.4 is 16.0 Å². The van der Waals surface area contributed by atoms with E-state index in [0.29, 0.717) is 10.7 Å². The lowest BCUT2D eigenvalue weighted by Gasteiger charge is -2.11. The molecule has 2 amide bonds. The molecule has 1 atom stereocenters. The van der Waals surface area contributed by atoms with Gasteiger partial charge in [0.2, 0.25) is 11.8 Å². The van der Waals surface area contributed by atoms with E-state index < -0.39 is 0 Å². The van der Waals surface area contributed by atoms with Gasteiger partial charge in [0.25, 0.3) is 0 Å². The second-order valence-electron chi connectivity index (χ2n) is 4.42. The number of halogens is 1. The Balaban J connectivity index is 1.75. The summed E-state index contributed by atoms with van der Waals surface area (Å²) in [6.45, 7) is 0.828. The summed E-state index contributed by atoms with van der Waals surface area (Å²) in [5.41, 5.74) is 0.655. The van der Waals surface area contributed by atoms with Crippen LogP contribution >= 0.6 is 11.6 Å². The Morgan fingerprint density at radius 3 is 2.68 bits per heavy atom. The molecule has 1 heterocycles. The number of carbonyl (C=O) groups is 2. The van der Waals surface area contributed by atoms with Crippen molar-refractivity contribution in [3.8, 4) is 0 Å². The summed E-state index contributed by atoms with van der Waals surface area (Å²) in [6, 6.07) is 6.64. The molecule has 5 nitrogen and oxygen atoms in total. The zero-order valence-corrected chi connectivity index (χ0v) is 11.2. The molecular weight excluding hydrogens is 266 g/mol. The average Bonchev–Trinajstić information content (AvgIpc) is 2.93. The minimum absolute atomic E-state index is 0.0281. The fourth-order valence-electron chi connectivity index (χ4n) is 1.94. The molecule has 1 unspecified atom stereocenters. The van der Waals surface area contributed by atoms with E-state index in [4.69, 9.17) is 11.6 Å². The minimum Gasteiger partial charge on any atom is -0.346 e. The van der Waals surface area contributed by atoms with Crippen molar-refractivity contribution in [3.05, 3.63) is 29.3 Å². The van der Waals surface area contributed by atoms with Crippen LogP contribution in [0.25, 0.3) is 0 Å². The Kier molecular flexibility index (Phi) is 4.76. The van der Waals surface area contributed by atoms with Crippen molar-refractivity contribution in [2.24, 2.45) is 0 Å². The molecule has 6 heteroatoms. The monoisotopic (exact) mass is 281 g/mol. The second kappa shape index (κ2) is 6.54.